The zero-order chi connectivity index (χ0) is 13.5. The van der Waals surface area contributed by atoms with Crippen molar-refractivity contribution in [3.05, 3.63) is 34.6 Å². The Kier molecular flexibility index (Phi) is 6.66. The molecule has 0 aromatic heterocycles. The van der Waals surface area contributed by atoms with Crippen molar-refractivity contribution in [3.8, 4) is 0 Å². The van der Waals surface area contributed by atoms with Crippen LogP contribution >= 0.6 is 11.6 Å². The van der Waals surface area contributed by atoms with Crippen LogP contribution in [0.3, 0.4) is 0 Å². The molecule has 0 radical (unpaired) electrons. The SMILES string of the molecule is CCCNC(Cc1cccc(Cl)c1F)CC(C)C. The molecule has 0 aliphatic carbocycles. The van der Waals surface area contributed by atoms with Gasteiger partial charge in [0.25, 0.3) is 0 Å². The number of nitrogens with one attached hydrogen (secondary N) is 1. The van der Waals surface area contributed by atoms with E-state index in [9.17, 15) is 4.39 Å². The van der Waals surface area contributed by atoms with Crippen molar-refractivity contribution in [2.45, 2.75) is 46.1 Å². The van der Waals surface area contributed by atoms with Gasteiger partial charge in [-0.2, -0.15) is 0 Å². The first-order valence-electron chi connectivity index (χ1n) is 6.70. The van der Waals surface area contributed by atoms with Crippen molar-refractivity contribution in [1.29, 1.82) is 0 Å². The number of rotatable bonds is 7. The fourth-order valence-electron chi connectivity index (χ4n) is 2.13. The highest BCUT2D eigenvalue weighted by Gasteiger charge is 2.14. The summed E-state index contributed by atoms with van der Waals surface area (Å²) in [5, 5.41) is 3.70. The maximum atomic E-state index is 13.9. The zero-order valence-electron chi connectivity index (χ0n) is 11.5. The van der Waals surface area contributed by atoms with Crippen LogP contribution in [0.4, 0.5) is 4.39 Å². The fourth-order valence-corrected chi connectivity index (χ4v) is 2.32. The van der Waals surface area contributed by atoms with Gasteiger partial charge in [-0.25, -0.2) is 4.39 Å². The highest BCUT2D eigenvalue weighted by atomic mass is 35.5. The lowest BCUT2D eigenvalue weighted by Crippen LogP contribution is -2.33. The van der Waals surface area contributed by atoms with E-state index < -0.39 is 0 Å². The minimum atomic E-state index is -0.272. The third-order valence-corrected chi connectivity index (χ3v) is 3.23. The first-order chi connectivity index (χ1) is 8.54. The average Bonchev–Trinajstić information content (AvgIpc) is 2.31. The first kappa shape index (κ1) is 15.5. The summed E-state index contributed by atoms with van der Waals surface area (Å²) in [5.74, 6) is 0.327. The lowest BCUT2D eigenvalue weighted by Gasteiger charge is -2.21. The quantitative estimate of drug-likeness (QED) is 0.773. The van der Waals surface area contributed by atoms with Crippen molar-refractivity contribution in [3.63, 3.8) is 0 Å². The molecule has 1 unspecified atom stereocenters. The Morgan fingerprint density at radius 1 is 1.33 bits per heavy atom. The van der Waals surface area contributed by atoms with E-state index in [1.807, 2.05) is 12.1 Å². The van der Waals surface area contributed by atoms with Crippen LogP contribution < -0.4 is 5.32 Å². The molecule has 18 heavy (non-hydrogen) atoms. The van der Waals surface area contributed by atoms with Crippen molar-refractivity contribution in [2.75, 3.05) is 6.54 Å². The number of benzene rings is 1. The van der Waals surface area contributed by atoms with E-state index >= 15 is 0 Å². The van der Waals surface area contributed by atoms with Crippen LogP contribution in [0.25, 0.3) is 0 Å². The molecule has 0 saturated carbocycles. The average molecular weight is 272 g/mol. The van der Waals surface area contributed by atoms with E-state index in [0.29, 0.717) is 23.9 Å². The van der Waals surface area contributed by atoms with Gasteiger partial charge < -0.3 is 5.32 Å². The molecule has 1 aromatic rings. The van der Waals surface area contributed by atoms with E-state index in [4.69, 9.17) is 11.6 Å². The Morgan fingerprint density at radius 2 is 2.06 bits per heavy atom. The molecule has 0 amide bonds. The number of hydrogen-bond donors (Lipinski definition) is 1. The summed E-state index contributed by atoms with van der Waals surface area (Å²) in [6.45, 7) is 7.49. The molecule has 1 N–H and O–H groups in total. The molecule has 1 nitrogen and oxygen atoms in total. The Morgan fingerprint density at radius 3 is 2.67 bits per heavy atom. The van der Waals surface area contributed by atoms with Gasteiger partial charge in [-0.3, -0.25) is 0 Å². The van der Waals surface area contributed by atoms with Crippen molar-refractivity contribution >= 4 is 11.6 Å². The maximum absolute atomic E-state index is 13.9. The molecule has 1 rings (SSSR count). The zero-order valence-corrected chi connectivity index (χ0v) is 12.2. The molecule has 1 aromatic carbocycles. The predicted molar refractivity (Wildman–Crippen MR) is 76.7 cm³/mol. The molecule has 0 bridgehead atoms. The molecule has 3 heteroatoms. The van der Waals surface area contributed by atoms with Crippen LogP contribution in [0.1, 0.15) is 39.2 Å². The summed E-state index contributed by atoms with van der Waals surface area (Å²) in [6, 6.07) is 5.55. The number of halogens is 2. The second-order valence-electron chi connectivity index (χ2n) is 5.20. The lowest BCUT2D eigenvalue weighted by atomic mass is 9.97. The Labute approximate surface area is 115 Å². The summed E-state index contributed by atoms with van der Waals surface area (Å²) in [5.41, 5.74) is 0.705. The van der Waals surface area contributed by atoms with Gasteiger partial charge in [0.05, 0.1) is 5.02 Å². The van der Waals surface area contributed by atoms with Gasteiger partial charge in [0.2, 0.25) is 0 Å². The third kappa shape index (κ3) is 4.95. The van der Waals surface area contributed by atoms with Crippen LogP contribution in [0.2, 0.25) is 5.02 Å². The standard InChI is InChI=1S/C15H23ClFN/c1-4-8-18-13(9-11(2)3)10-12-6-5-7-14(16)15(12)17/h5-7,11,13,18H,4,8-10H2,1-3H3. The molecule has 0 fully saturated rings. The number of hydrogen-bond acceptors (Lipinski definition) is 1. The Hall–Kier alpha value is -0.600. The van der Waals surface area contributed by atoms with E-state index in [0.717, 1.165) is 19.4 Å². The van der Waals surface area contributed by atoms with Gasteiger partial charge in [-0.1, -0.05) is 44.5 Å². The second kappa shape index (κ2) is 7.75. The Balaban J connectivity index is 2.72. The van der Waals surface area contributed by atoms with E-state index in [1.54, 1.807) is 6.07 Å². The van der Waals surface area contributed by atoms with Crippen LogP contribution in [0.5, 0.6) is 0 Å². The topological polar surface area (TPSA) is 12.0 Å². The molecule has 0 aliphatic rings. The monoisotopic (exact) mass is 271 g/mol. The summed E-state index contributed by atoms with van der Waals surface area (Å²) >= 11 is 5.81. The molecule has 0 saturated heterocycles. The summed E-state index contributed by atoms with van der Waals surface area (Å²) < 4.78 is 13.9. The van der Waals surface area contributed by atoms with Gasteiger partial charge >= 0.3 is 0 Å². The Bertz CT molecular complexity index is 366. The minimum Gasteiger partial charge on any atom is -0.314 e. The fraction of sp³-hybridized carbons (Fsp3) is 0.600. The smallest absolute Gasteiger partial charge is 0.145 e. The van der Waals surface area contributed by atoms with E-state index in [-0.39, 0.29) is 10.8 Å². The van der Waals surface area contributed by atoms with E-state index in [1.165, 1.54) is 0 Å². The van der Waals surface area contributed by atoms with Gasteiger partial charge in [0.1, 0.15) is 5.82 Å². The summed E-state index contributed by atoms with van der Waals surface area (Å²) in [7, 11) is 0. The maximum Gasteiger partial charge on any atom is 0.145 e. The molecule has 0 spiro atoms. The van der Waals surface area contributed by atoms with Gasteiger partial charge in [0, 0.05) is 6.04 Å². The van der Waals surface area contributed by atoms with Gasteiger partial charge in [0.15, 0.2) is 0 Å². The molecular weight excluding hydrogens is 249 g/mol. The third-order valence-electron chi connectivity index (χ3n) is 2.94. The molecule has 102 valence electrons. The molecule has 1 atom stereocenters. The normalized spacial score (nSPS) is 13.0. The van der Waals surface area contributed by atoms with Crippen LogP contribution in [0.15, 0.2) is 18.2 Å². The van der Waals surface area contributed by atoms with Crippen LogP contribution in [0, 0.1) is 11.7 Å². The highest BCUT2D eigenvalue weighted by Crippen LogP contribution is 2.20. The highest BCUT2D eigenvalue weighted by molar-refractivity contribution is 6.30. The van der Waals surface area contributed by atoms with Crippen molar-refractivity contribution in [2.24, 2.45) is 5.92 Å². The van der Waals surface area contributed by atoms with Crippen molar-refractivity contribution in [1.82, 2.24) is 5.32 Å². The predicted octanol–water partition coefficient (Wildman–Crippen LogP) is 4.44. The van der Waals surface area contributed by atoms with Crippen LogP contribution in [-0.2, 0) is 6.42 Å². The first-order valence-corrected chi connectivity index (χ1v) is 7.08. The minimum absolute atomic E-state index is 0.214. The second-order valence-corrected chi connectivity index (χ2v) is 5.60. The largest absolute Gasteiger partial charge is 0.314 e. The van der Waals surface area contributed by atoms with Crippen molar-refractivity contribution < 1.29 is 4.39 Å². The van der Waals surface area contributed by atoms with Gasteiger partial charge in [-0.05, 0) is 43.4 Å². The molecular formula is C15H23ClFN. The lowest BCUT2D eigenvalue weighted by molar-refractivity contribution is 0.411. The van der Waals surface area contributed by atoms with Gasteiger partial charge in [-0.15, -0.1) is 0 Å². The summed E-state index contributed by atoms with van der Waals surface area (Å²) in [6.07, 6.45) is 2.84. The van der Waals surface area contributed by atoms with E-state index in [2.05, 4.69) is 26.1 Å². The van der Waals surface area contributed by atoms with Crippen LogP contribution in [-0.4, -0.2) is 12.6 Å². The summed E-state index contributed by atoms with van der Waals surface area (Å²) in [4.78, 5) is 0. The molecule has 0 aliphatic heterocycles. The molecule has 0 heterocycles.